The van der Waals surface area contributed by atoms with Crippen molar-refractivity contribution >= 4 is 32.9 Å². The van der Waals surface area contributed by atoms with Crippen molar-refractivity contribution in [3.8, 4) is 11.8 Å². The lowest BCUT2D eigenvalue weighted by Gasteiger charge is -2.03. The van der Waals surface area contributed by atoms with Crippen molar-refractivity contribution < 1.29 is 13.5 Å². The molecule has 2 aromatic rings. The average Bonchev–Trinajstić information content (AvgIpc) is 2.90. The van der Waals surface area contributed by atoms with E-state index in [1.165, 1.54) is 6.26 Å². The Morgan fingerprint density at radius 2 is 1.95 bits per heavy atom. The highest BCUT2D eigenvalue weighted by molar-refractivity contribution is 7.98. The van der Waals surface area contributed by atoms with E-state index < -0.39 is 9.84 Å². The van der Waals surface area contributed by atoms with E-state index in [-0.39, 0.29) is 6.61 Å². The maximum atomic E-state index is 11.4. The molecule has 0 saturated carbocycles. The van der Waals surface area contributed by atoms with Crippen LogP contribution in [0.25, 0.3) is 0 Å². The molecule has 1 aromatic carbocycles. The van der Waals surface area contributed by atoms with Gasteiger partial charge in [-0.05, 0) is 35.7 Å². The fraction of sp³-hybridized carbons (Fsp3) is 0.200. The van der Waals surface area contributed by atoms with Crippen molar-refractivity contribution in [2.45, 2.75) is 15.5 Å². The number of hydrogen-bond donors (Lipinski definition) is 1. The first-order valence-corrected chi connectivity index (χ1v) is 9.85. The van der Waals surface area contributed by atoms with Gasteiger partial charge in [0, 0.05) is 27.3 Å². The molecule has 0 aliphatic carbocycles. The van der Waals surface area contributed by atoms with Crippen LogP contribution in [-0.2, 0) is 15.6 Å². The summed E-state index contributed by atoms with van der Waals surface area (Å²) in [7, 11) is -3.14. The van der Waals surface area contributed by atoms with Crippen LogP contribution in [0, 0.1) is 11.8 Å². The molecule has 0 fully saturated rings. The van der Waals surface area contributed by atoms with Crippen LogP contribution in [0.2, 0.25) is 0 Å². The number of aliphatic hydroxyl groups excluding tert-OH is 1. The topological polar surface area (TPSA) is 54.4 Å². The first-order valence-electron chi connectivity index (χ1n) is 6.10. The maximum Gasteiger partial charge on any atom is 0.175 e. The Kier molecular flexibility index (Phi) is 5.48. The minimum absolute atomic E-state index is 0.143. The SMILES string of the molecule is CS(=O)(=O)c1ccc(SCc2sccc2C#CCO)cc1. The lowest BCUT2D eigenvalue weighted by Crippen LogP contribution is -1.95. The zero-order chi connectivity index (χ0) is 15.3. The summed E-state index contributed by atoms with van der Waals surface area (Å²) < 4.78 is 22.8. The Morgan fingerprint density at radius 3 is 2.57 bits per heavy atom. The van der Waals surface area contributed by atoms with E-state index in [9.17, 15) is 8.42 Å². The van der Waals surface area contributed by atoms with E-state index in [0.717, 1.165) is 21.1 Å². The summed E-state index contributed by atoms with van der Waals surface area (Å²) in [6.45, 7) is -0.143. The molecule has 0 spiro atoms. The van der Waals surface area contributed by atoms with Crippen molar-refractivity contribution in [1.82, 2.24) is 0 Å². The number of hydrogen-bond acceptors (Lipinski definition) is 5. The van der Waals surface area contributed by atoms with Crippen LogP contribution in [-0.4, -0.2) is 26.4 Å². The number of benzene rings is 1. The Bertz CT molecular complexity index is 762. The van der Waals surface area contributed by atoms with Crippen LogP contribution < -0.4 is 0 Å². The minimum Gasteiger partial charge on any atom is -0.384 e. The van der Waals surface area contributed by atoms with E-state index in [0.29, 0.717) is 4.90 Å². The Labute approximate surface area is 132 Å². The number of sulfone groups is 1. The van der Waals surface area contributed by atoms with E-state index >= 15 is 0 Å². The highest BCUT2D eigenvalue weighted by Gasteiger charge is 2.07. The van der Waals surface area contributed by atoms with Gasteiger partial charge in [0.05, 0.1) is 4.90 Å². The van der Waals surface area contributed by atoms with Crippen LogP contribution in [0.5, 0.6) is 0 Å². The molecule has 110 valence electrons. The summed E-state index contributed by atoms with van der Waals surface area (Å²) in [6, 6.07) is 8.81. The molecular formula is C15H14O3S3. The third kappa shape index (κ3) is 4.61. The molecule has 0 aliphatic rings. The highest BCUT2D eigenvalue weighted by atomic mass is 32.2. The van der Waals surface area contributed by atoms with E-state index in [4.69, 9.17) is 5.11 Å². The number of rotatable bonds is 4. The van der Waals surface area contributed by atoms with E-state index in [1.807, 2.05) is 23.6 Å². The molecule has 0 bridgehead atoms. The molecule has 21 heavy (non-hydrogen) atoms. The second-order valence-electron chi connectivity index (χ2n) is 4.25. The van der Waals surface area contributed by atoms with Crippen molar-refractivity contribution in [3.05, 3.63) is 46.2 Å². The molecule has 0 amide bonds. The molecule has 0 radical (unpaired) electrons. The van der Waals surface area contributed by atoms with Gasteiger partial charge in [0.1, 0.15) is 6.61 Å². The molecule has 0 unspecified atom stereocenters. The first-order chi connectivity index (χ1) is 10.0. The maximum absolute atomic E-state index is 11.4. The number of thioether (sulfide) groups is 1. The van der Waals surface area contributed by atoms with Gasteiger partial charge in [0.25, 0.3) is 0 Å². The molecule has 3 nitrogen and oxygen atoms in total. The molecule has 0 aliphatic heterocycles. The highest BCUT2D eigenvalue weighted by Crippen LogP contribution is 2.28. The van der Waals surface area contributed by atoms with Crippen molar-refractivity contribution in [2.24, 2.45) is 0 Å². The molecule has 0 saturated heterocycles. The fourth-order valence-electron chi connectivity index (χ4n) is 1.63. The monoisotopic (exact) mass is 338 g/mol. The summed E-state index contributed by atoms with van der Waals surface area (Å²) in [5.74, 6) is 6.34. The zero-order valence-electron chi connectivity index (χ0n) is 11.4. The molecule has 1 N–H and O–H groups in total. The van der Waals surface area contributed by atoms with E-state index in [1.54, 1.807) is 35.2 Å². The lowest BCUT2D eigenvalue weighted by molar-refractivity contribution is 0.350. The molecule has 2 rings (SSSR count). The van der Waals surface area contributed by atoms with Gasteiger partial charge >= 0.3 is 0 Å². The smallest absolute Gasteiger partial charge is 0.175 e. The fourth-order valence-corrected chi connectivity index (χ4v) is 4.11. The second-order valence-corrected chi connectivity index (χ2v) is 8.31. The Balaban J connectivity index is 2.05. The number of thiophene rings is 1. The minimum atomic E-state index is -3.14. The average molecular weight is 338 g/mol. The third-order valence-electron chi connectivity index (χ3n) is 2.67. The van der Waals surface area contributed by atoms with Crippen molar-refractivity contribution in [3.63, 3.8) is 0 Å². The molecule has 0 atom stereocenters. The van der Waals surface area contributed by atoms with Crippen molar-refractivity contribution in [2.75, 3.05) is 12.9 Å². The third-order valence-corrected chi connectivity index (χ3v) is 5.94. The molecule has 1 heterocycles. The van der Waals surface area contributed by atoms with Crippen LogP contribution >= 0.6 is 23.1 Å². The summed E-state index contributed by atoms with van der Waals surface area (Å²) in [6.07, 6.45) is 1.20. The first kappa shape index (κ1) is 16.1. The van der Waals surface area contributed by atoms with Crippen LogP contribution in [0.15, 0.2) is 45.5 Å². The van der Waals surface area contributed by atoms with Gasteiger partial charge in [0.2, 0.25) is 0 Å². The number of aliphatic hydroxyl groups is 1. The van der Waals surface area contributed by atoms with Crippen LogP contribution in [0.3, 0.4) is 0 Å². The zero-order valence-corrected chi connectivity index (χ0v) is 13.8. The molecular weight excluding hydrogens is 324 g/mol. The van der Waals surface area contributed by atoms with Gasteiger partial charge in [-0.15, -0.1) is 23.1 Å². The Hall–Kier alpha value is -1.26. The van der Waals surface area contributed by atoms with Crippen LogP contribution in [0.4, 0.5) is 0 Å². The second kappa shape index (κ2) is 7.14. The largest absolute Gasteiger partial charge is 0.384 e. The van der Waals surface area contributed by atoms with Gasteiger partial charge in [-0.25, -0.2) is 8.42 Å². The Morgan fingerprint density at radius 1 is 1.24 bits per heavy atom. The predicted molar refractivity (Wildman–Crippen MR) is 87.4 cm³/mol. The lowest BCUT2D eigenvalue weighted by atomic mass is 10.3. The van der Waals surface area contributed by atoms with Crippen LogP contribution in [0.1, 0.15) is 10.4 Å². The van der Waals surface area contributed by atoms with Gasteiger partial charge in [-0.2, -0.15) is 0 Å². The van der Waals surface area contributed by atoms with Gasteiger partial charge in [-0.3, -0.25) is 0 Å². The summed E-state index contributed by atoms with van der Waals surface area (Å²) >= 11 is 3.26. The van der Waals surface area contributed by atoms with Gasteiger partial charge in [-0.1, -0.05) is 11.8 Å². The van der Waals surface area contributed by atoms with Gasteiger partial charge in [0.15, 0.2) is 9.84 Å². The standard InChI is InChI=1S/C15H14O3S3/c1-21(17,18)14-6-4-13(5-7-14)20-11-15-12(3-2-9-16)8-10-19-15/h4-8,10,16H,9,11H2,1H3. The summed E-state index contributed by atoms with van der Waals surface area (Å²) in [5.41, 5.74) is 0.939. The molecule has 1 aromatic heterocycles. The normalized spacial score (nSPS) is 11.0. The quantitative estimate of drug-likeness (QED) is 0.688. The summed E-state index contributed by atoms with van der Waals surface area (Å²) in [4.78, 5) is 2.49. The van der Waals surface area contributed by atoms with Crippen molar-refractivity contribution in [1.29, 1.82) is 0 Å². The molecule has 6 heteroatoms. The summed E-state index contributed by atoms with van der Waals surface area (Å²) in [5, 5.41) is 10.7. The van der Waals surface area contributed by atoms with Gasteiger partial charge < -0.3 is 5.11 Å². The van der Waals surface area contributed by atoms with E-state index in [2.05, 4.69) is 11.8 Å². The predicted octanol–water partition coefficient (Wildman–Crippen LogP) is 2.79.